The van der Waals surface area contributed by atoms with Crippen LogP contribution in [0.25, 0.3) is 11.1 Å². The minimum absolute atomic E-state index is 0.156. The highest BCUT2D eigenvalue weighted by Crippen LogP contribution is 2.36. The zero-order chi connectivity index (χ0) is 11.7. The van der Waals surface area contributed by atoms with Gasteiger partial charge in [-0.05, 0) is 12.1 Å². The number of rotatable bonds is 2. The van der Waals surface area contributed by atoms with Crippen LogP contribution in [0, 0.1) is 5.82 Å². The molecular formula is C11H10ClFN2O. The predicted octanol–water partition coefficient (Wildman–Crippen LogP) is 3.28. The number of nitrogens with zero attached hydrogens (tertiary/aromatic N) is 1. The van der Waals surface area contributed by atoms with Crippen LogP contribution in [0.2, 0.25) is 5.02 Å². The topological polar surface area (TPSA) is 52.0 Å². The van der Waals surface area contributed by atoms with Gasteiger partial charge in [0.25, 0.3) is 0 Å². The third kappa shape index (κ3) is 1.65. The SMILES string of the molecule is CCc1onc(N)c1-c1c(F)cccc1Cl. The number of nitrogen functional groups attached to an aromatic ring is 1. The van der Waals surface area contributed by atoms with Crippen LogP contribution in [-0.4, -0.2) is 5.16 Å². The minimum atomic E-state index is -0.433. The van der Waals surface area contributed by atoms with Gasteiger partial charge in [0.15, 0.2) is 5.82 Å². The molecule has 2 N–H and O–H groups in total. The summed E-state index contributed by atoms with van der Waals surface area (Å²) >= 11 is 5.96. The van der Waals surface area contributed by atoms with Crippen molar-refractivity contribution < 1.29 is 8.91 Å². The van der Waals surface area contributed by atoms with Gasteiger partial charge in [-0.1, -0.05) is 29.7 Å². The molecule has 0 saturated heterocycles. The van der Waals surface area contributed by atoms with Crippen molar-refractivity contribution in [3.8, 4) is 11.1 Å². The molecule has 0 saturated carbocycles. The average Bonchev–Trinajstić information content (AvgIpc) is 2.60. The summed E-state index contributed by atoms with van der Waals surface area (Å²) in [4.78, 5) is 0. The molecule has 16 heavy (non-hydrogen) atoms. The fourth-order valence-electron chi connectivity index (χ4n) is 1.58. The number of benzene rings is 1. The molecular weight excluding hydrogens is 231 g/mol. The van der Waals surface area contributed by atoms with Crippen molar-refractivity contribution in [3.05, 3.63) is 34.8 Å². The standard InChI is InChI=1S/C11H10ClFN2O/c1-2-8-10(11(14)15-16-8)9-6(12)4-3-5-7(9)13/h3-5H,2H2,1H3,(H2,14,15). The molecule has 0 aliphatic carbocycles. The molecule has 2 rings (SSSR count). The summed E-state index contributed by atoms with van der Waals surface area (Å²) in [6.07, 6.45) is 0.574. The van der Waals surface area contributed by atoms with E-state index < -0.39 is 5.82 Å². The van der Waals surface area contributed by atoms with Crippen LogP contribution in [0.15, 0.2) is 22.7 Å². The summed E-state index contributed by atoms with van der Waals surface area (Å²) in [7, 11) is 0. The van der Waals surface area contributed by atoms with Crippen LogP contribution in [0.4, 0.5) is 10.2 Å². The Labute approximate surface area is 97.0 Å². The van der Waals surface area contributed by atoms with E-state index in [1.165, 1.54) is 12.1 Å². The Balaban J connectivity index is 2.71. The first-order chi connectivity index (χ1) is 7.65. The third-order valence-electron chi connectivity index (χ3n) is 2.32. The second-order valence-electron chi connectivity index (χ2n) is 3.32. The summed E-state index contributed by atoms with van der Waals surface area (Å²) in [5.41, 5.74) is 6.36. The normalized spacial score (nSPS) is 10.7. The molecule has 0 spiro atoms. The summed E-state index contributed by atoms with van der Waals surface area (Å²) in [5.74, 6) is 0.255. The number of aryl methyl sites for hydroxylation is 1. The van der Waals surface area contributed by atoms with E-state index in [1.807, 2.05) is 6.92 Å². The quantitative estimate of drug-likeness (QED) is 0.876. The van der Waals surface area contributed by atoms with Crippen molar-refractivity contribution in [2.24, 2.45) is 0 Å². The molecule has 5 heteroatoms. The minimum Gasteiger partial charge on any atom is -0.380 e. The molecule has 0 aliphatic rings. The van der Waals surface area contributed by atoms with Crippen LogP contribution in [0.1, 0.15) is 12.7 Å². The molecule has 1 aromatic carbocycles. The van der Waals surface area contributed by atoms with E-state index in [4.69, 9.17) is 21.9 Å². The van der Waals surface area contributed by atoms with E-state index >= 15 is 0 Å². The summed E-state index contributed by atoms with van der Waals surface area (Å²) in [6.45, 7) is 1.87. The Hall–Kier alpha value is -1.55. The van der Waals surface area contributed by atoms with E-state index in [0.717, 1.165) is 0 Å². The van der Waals surface area contributed by atoms with Gasteiger partial charge in [0.05, 0.1) is 10.6 Å². The van der Waals surface area contributed by atoms with Gasteiger partial charge < -0.3 is 10.3 Å². The van der Waals surface area contributed by atoms with Gasteiger partial charge in [0.1, 0.15) is 11.6 Å². The average molecular weight is 241 g/mol. The van der Waals surface area contributed by atoms with Crippen molar-refractivity contribution in [1.82, 2.24) is 5.16 Å². The largest absolute Gasteiger partial charge is 0.380 e. The smallest absolute Gasteiger partial charge is 0.175 e. The van der Waals surface area contributed by atoms with Crippen LogP contribution in [0.5, 0.6) is 0 Å². The number of anilines is 1. The Morgan fingerprint density at radius 2 is 2.19 bits per heavy atom. The lowest BCUT2D eigenvalue weighted by Crippen LogP contribution is -1.93. The van der Waals surface area contributed by atoms with Gasteiger partial charge in [0.2, 0.25) is 0 Å². The van der Waals surface area contributed by atoms with Gasteiger partial charge in [-0.3, -0.25) is 0 Å². The lowest BCUT2D eigenvalue weighted by Gasteiger charge is -2.05. The monoisotopic (exact) mass is 240 g/mol. The first-order valence-corrected chi connectivity index (χ1v) is 5.21. The van der Waals surface area contributed by atoms with Crippen molar-refractivity contribution in [2.45, 2.75) is 13.3 Å². The first kappa shape index (κ1) is 11.0. The lowest BCUT2D eigenvalue weighted by atomic mass is 10.0. The molecule has 1 aromatic heterocycles. The molecule has 2 aromatic rings. The molecule has 1 heterocycles. The first-order valence-electron chi connectivity index (χ1n) is 4.83. The van der Waals surface area contributed by atoms with Gasteiger partial charge >= 0.3 is 0 Å². The zero-order valence-corrected chi connectivity index (χ0v) is 9.38. The number of hydrogen-bond donors (Lipinski definition) is 1. The van der Waals surface area contributed by atoms with E-state index in [-0.39, 0.29) is 11.4 Å². The van der Waals surface area contributed by atoms with Crippen LogP contribution in [-0.2, 0) is 6.42 Å². The molecule has 0 unspecified atom stereocenters. The van der Waals surface area contributed by atoms with Gasteiger partial charge in [-0.25, -0.2) is 4.39 Å². The van der Waals surface area contributed by atoms with Crippen LogP contribution >= 0.6 is 11.6 Å². The molecule has 0 radical (unpaired) electrons. The van der Waals surface area contributed by atoms with Gasteiger partial charge in [-0.15, -0.1) is 0 Å². The highest BCUT2D eigenvalue weighted by Gasteiger charge is 2.20. The third-order valence-corrected chi connectivity index (χ3v) is 2.64. The van der Waals surface area contributed by atoms with Crippen LogP contribution in [0.3, 0.4) is 0 Å². The Bertz CT molecular complexity index is 504. The maximum Gasteiger partial charge on any atom is 0.175 e. The highest BCUT2D eigenvalue weighted by atomic mass is 35.5. The maximum absolute atomic E-state index is 13.7. The summed E-state index contributed by atoms with van der Waals surface area (Å²) < 4.78 is 18.7. The molecule has 84 valence electrons. The molecule has 0 fully saturated rings. The lowest BCUT2D eigenvalue weighted by molar-refractivity contribution is 0.390. The second kappa shape index (κ2) is 4.14. The zero-order valence-electron chi connectivity index (χ0n) is 8.63. The van der Waals surface area contributed by atoms with Crippen molar-refractivity contribution in [1.29, 1.82) is 0 Å². The second-order valence-corrected chi connectivity index (χ2v) is 3.72. The van der Waals surface area contributed by atoms with Crippen molar-refractivity contribution in [3.63, 3.8) is 0 Å². The predicted molar refractivity (Wildman–Crippen MR) is 60.7 cm³/mol. The Kier molecular flexibility index (Phi) is 2.83. The fourth-order valence-corrected chi connectivity index (χ4v) is 1.84. The van der Waals surface area contributed by atoms with Gasteiger partial charge in [-0.2, -0.15) is 0 Å². The molecule has 0 aliphatic heterocycles. The van der Waals surface area contributed by atoms with E-state index in [0.29, 0.717) is 22.8 Å². The van der Waals surface area contributed by atoms with Crippen LogP contribution < -0.4 is 5.73 Å². The number of nitrogens with two attached hydrogens (primary N) is 1. The molecule has 3 nitrogen and oxygen atoms in total. The fraction of sp³-hybridized carbons (Fsp3) is 0.182. The summed E-state index contributed by atoms with van der Waals surface area (Å²) in [5, 5.41) is 3.92. The van der Waals surface area contributed by atoms with Crippen molar-refractivity contribution in [2.75, 3.05) is 5.73 Å². The number of aromatic nitrogens is 1. The van der Waals surface area contributed by atoms with Gasteiger partial charge in [0, 0.05) is 12.0 Å². The molecule has 0 amide bonds. The molecule has 0 atom stereocenters. The van der Waals surface area contributed by atoms with E-state index in [1.54, 1.807) is 6.07 Å². The maximum atomic E-state index is 13.7. The molecule has 0 bridgehead atoms. The Morgan fingerprint density at radius 3 is 2.81 bits per heavy atom. The number of hydrogen-bond acceptors (Lipinski definition) is 3. The summed E-state index contributed by atoms with van der Waals surface area (Å²) in [6, 6.07) is 4.47. The van der Waals surface area contributed by atoms with E-state index in [2.05, 4.69) is 5.16 Å². The van der Waals surface area contributed by atoms with Crippen molar-refractivity contribution >= 4 is 17.4 Å². The highest BCUT2D eigenvalue weighted by molar-refractivity contribution is 6.33. The number of halogens is 2. The van der Waals surface area contributed by atoms with E-state index in [9.17, 15) is 4.39 Å². The Morgan fingerprint density at radius 1 is 1.44 bits per heavy atom.